The molecule has 2 aromatic carbocycles. The average Bonchev–Trinajstić information content (AvgIpc) is 3.07. The van der Waals surface area contributed by atoms with Crippen molar-refractivity contribution in [2.45, 2.75) is 10.5 Å². The fraction of sp³-hybridized carbons (Fsp3) is 0.200. The van der Waals surface area contributed by atoms with E-state index in [1.54, 1.807) is 0 Å². The third-order valence-electron chi connectivity index (χ3n) is 4.92. The second-order valence-electron chi connectivity index (χ2n) is 6.25. The van der Waals surface area contributed by atoms with Crippen molar-refractivity contribution < 1.29 is 9.59 Å². The zero-order valence-electron chi connectivity index (χ0n) is 12.9. The molecule has 2 aliphatic carbocycles. The summed E-state index contributed by atoms with van der Waals surface area (Å²) in [4.78, 5) is 26.4. The maximum Gasteiger partial charge on any atom is 0.194 e. The van der Waals surface area contributed by atoms with E-state index in [2.05, 4.69) is 6.08 Å². The van der Waals surface area contributed by atoms with Crippen molar-refractivity contribution in [1.29, 1.82) is 0 Å². The van der Waals surface area contributed by atoms with Crippen LogP contribution in [0.5, 0.6) is 0 Å². The smallest absolute Gasteiger partial charge is 0.194 e. The van der Waals surface area contributed by atoms with Crippen molar-refractivity contribution in [2.75, 3.05) is 11.5 Å². The van der Waals surface area contributed by atoms with Gasteiger partial charge in [0.15, 0.2) is 11.6 Å². The number of ketones is 2. The Hall–Kier alpha value is -1.78. The number of carbonyl (C=O) groups excluding carboxylic acids is 2. The van der Waals surface area contributed by atoms with Gasteiger partial charge in [-0.2, -0.15) is 0 Å². The molecule has 0 aromatic heterocycles. The van der Waals surface area contributed by atoms with Gasteiger partial charge in [-0.15, -0.1) is 23.5 Å². The molecule has 1 aliphatic heterocycles. The first-order valence-electron chi connectivity index (χ1n) is 8.01. The van der Waals surface area contributed by atoms with Crippen LogP contribution in [0.15, 0.2) is 59.7 Å². The molecule has 0 radical (unpaired) electrons. The fourth-order valence-electron chi connectivity index (χ4n) is 3.82. The molecule has 24 heavy (non-hydrogen) atoms. The number of allylic oxidation sites excluding steroid dienone is 3. The lowest BCUT2D eigenvalue weighted by molar-refractivity contribution is 0.0974. The molecule has 2 nitrogen and oxygen atoms in total. The van der Waals surface area contributed by atoms with E-state index in [9.17, 15) is 9.59 Å². The Balaban J connectivity index is 1.78. The van der Waals surface area contributed by atoms with Crippen LogP contribution in [0.4, 0.5) is 0 Å². The molecule has 1 heterocycles. The van der Waals surface area contributed by atoms with Gasteiger partial charge >= 0.3 is 0 Å². The molecule has 5 rings (SSSR count). The van der Waals surface area contributed by atoms with Gasteiger partial charge in [0.2, 0.25) is 0 Å². The molecule has 1 spiro atoms. The van der Waals surface area contributed by atoms with Gasteiger partial charge in [-0.1, -0.05) is 36.4 Å². The third kappa shape index (κ3) is 1.87. The minimum atomic E-state index is -0.264. The molecule has 2 aromatic rings. The Morgan fingerprint density at radius 3 is 2.17 bits per heavy atom. The topological polar surface area (TPSA) is 34.1 Å². The van der Waals surface area contributed by atoms with Gasteiger partial charge in [0.25, 0.3) is 0 Å². The van der Waals surface area contributed by atoms with Crippen LogP contribution in [0.2, 0.25) is 0 Å². The number of Topliss-reactive ketones (excluding diaryl/α,β-unsaturated/α-hetero) is 2. The van der Waals surface area contributed by atoms with Gasteiger partial charge in [-0.25, -0.2) is 0 Å². The van der Waals surface area contributed by atoms with Crippen LogP contribution >= 0.6 is 23.5 Å². The highest BCUT2D eigenvalue weighted by atomic mass is 32.2. The van der Waals surface area contributed by atoms with Gasteiger partial charge in [0.05, 0.1) is 4.08 Å². The van der Waals surface area contributed by atoms with Crippen molar-refractivity contribution >= 4 is 45.9 Å². The Labute approximate surface area is 148 Å². The van der Waals surface area contributed by atoms with Crippen molar-refractivity contribution in [3.63, 3.8) is 0 Å². The van der Waals surface area contributed by atoms with Gasteiger partial charge < -0.3 is 0 Å². The molecule has 0 bridgehead atoms. The number of hydrogen-bond donors (Lipinski definition) is 0. The van der Waals surface area contributed by atoms with Gasteiger partial charge in [0.1, 0.15) is 0 Å². The summed E-state index contributed by atoms with van der Waals surface area (Å²) in [6, 6.07) is 11.7. The molecular formula is C20H14O2S2. The first-order chi connectivity index (χ1) is 11.7. The maximum atomic E-state index is 13.3. The minimum absolute atomic E-state index is 0.00576. The highest BCUT2D eigenvalue weighted by molar-refractivity contribution is 8.21. The lowest BCUT2D eigenvalue weighted by Crippen LogP contribution is -2.34. The molecule has 1 saturated heterocycles. The molecule has 3 aliphatic rings. The van der Waals surface area contributed by atoms with Gasteiger partial charge in [-0.3, -0.25) is 9.59 Å². The van der Waals surface area contributed by atoms with E-state index in [4.69, 9.17) is 0 Å². The zero-order valence-corrected chi connectivity index (χ0v) is 14.5. The lowest BCUT2D eigenvalue weighted by atomic mass is 9.78. The van der Waals surface area contributed by atoms with Crippen LogP contribution in [-0.2, 0) is 0 Å². The molecular weight excluding hydrogens is 336 g/mol. The normalized spacial score (nSPS) is 21.5. The minimum Gasteiger partial charge on any atom is -0.289 e. The number of benzene rings is 2. The number of carbonyl (C=O) groups is 2. The summed E-state index contributed by atoms with van der Waals surface area (Å²) in [5.74, 6) is 2.09. The first-order valence-corrected chi connectivity index (χ1v) is 9.98. The van der Waals surface area contributed by atoms with Crippen LogP contribution in [0.3, 0.4) is 0 Å². The lowest BCUT2D eigenvalue weighted by Gasteiger charge is -2.35. The summed E-state index contributed by atoms with van der Waals surface area (Å²) in [5.41, 5.74) is 2.45. The summed E-state index contributed by atoms with van der Waals surface area (Å²) in [5, 5.41) is 2.01. The summed E-state index contributed by atoms with van der Waals surface area (Å²) in [6.45, 7) is 0. The molecule has 118 valence electrons. The highest BCUT2D eigenvalue weighted by Crippen LogP contribution is 2.56. The monoisotopic (exact) mass is 350 g/mol. The zero-order chi connectivity index (χ0) is 16.3. The summed E-state index contributed by atoms with van der Waals surface area (Å²) < 4.78 is -0.264. The predicted molar refractivity (Wildman–Crippen MR) is 101 cm³/mol. The largest absolute Gasteiger partial charge is 0.289 e. The van der Waals surface area contributed by atoms with Crippen molar-refractivity contribution in [1.82, 2.24) is 0 Å². The Kier molecular flexibility index (Phi) is 3.10. The molecule has 0 atom stereocenters. The summed E-state index contributed by atoms with van der Waals surface area (Å²) in [6.07, 6.45) is 4.74. The van der Waals surface area contributed by atoms with Crippen LogP contribution < -0.4 is 0 Å². The van der Waals surface area contributed by atoms with Crippen LogP contribution in [0.25, 0.3) is 10.8 Å². The number of fused-ring (bicyclic) bond motifs is 3. The first kappa shape index (κ1) is 14.6. The second kappa shape index (κ2) is 5.11. The van der Waals surface area contributed by atoms with E-state index in [1.165, 1.54) is 0 Å². The molecule has 0 saturated carbocycles. The third-order valence-corrected chi connectivity index (χ3v) is 8.38. The van der Waals surface area contributed by atoms with Crippen LogP contribution in [0.1, 0.15) is 27.1 Å². The SMILES string of the molecule is O=C1C2=C(C(=O)c3cc4ccccc4cc31)C1(CC=C2)SCCS1. The highest BCUT2D eigenvalue weighted by Gasteiger charge is 2.48. The number of thioether (sulfide) groups is 2. The molecule has 0 N–H and O–H groups in total. The van der Waals surface area contributed by atoms with E-state index in [0.29, 0.717) is 16.7 Å². The fourth-order valence-corrected chi connectivity index (χ4v) is 7.10. The quantitative estimate of drug-likeness (QED) is 0.692. The van der Waals surface area contributed by atoms with E-state index >= 15 is 0 Å². The van der Waals surface area contributed by atoms with E-state index in [-0.39, 0.29) is 15.6 Å². The van der Waals surface area contributed by atoms with Crippen LogP contribution in [-0.4, -0.2) is 27.2 Å². The number of rotatable bonds is 0. The molecule has 1 fully saturated rings. The van der Waals surface area contributed by atoms with Gasteiger partial charge in [0, 0.05) is 33.8 Å². The standard InChI is InChI=1S/C20H14O2S2/c21-18-14-6-3-7-20(23-8-9-24-20)17(14)19(22)16-11-13-5-2-1-4-12(13)10-15(16)18/h1-6,10-11H,7-9H2. The average molecular weight is 350 g/mol. The van der Waals surface area contributed by atoms with E-state index in [0.717, 1.165) is 34.3 Å². The van der Waals surface area contributed by atoms with E-state index in [1.807, 2.05) is 66.0 Å². The molecule has 0 unspecified atom stereocenters. The van der Waals surface area contributed by atoms with Crippen molar-refractivity contribution in [2.24, 2.45) is 0 Å². The van der Waals surface area contributed by atoms with Crippen LogP contribution in [0, 0.1) is 0 Å². The summed E-state index contributed by atoms with van der Waals surface area (Å²) in [7, 11) is 0. The summed E-state index contributed by atoms with van der Waals surface area (Å²) >= 11 is 3.63. The Morgan fingerprint density at radius 1 is 0.875 bits per heavy atom. The second-order valence-corrected chi connectivity index (χ2v) is 9.29. The van der Waals surface area contributed by atoms with Crippen molar-refractivity contribution in [3.05, 3.63) is 70.8 Å². The van der Waals surface area contributed by atoms with Gasteiger partial charge in [-0.05, 0) is 29.3 Å². The van der Waals surface area contributed by atoms with E-state index < -0.39 is 0 Å². The Bertz CT molecular complexity index is 978. The predicted octanol–water partition coefficient (Wildman–Crippen LogP) is 4.65. The number of hydrogen-bond acceptors (Lipinski definition) is 4. The molecule has 0 amide bonds. The maximum absolute atomic E-state index is 13.3. The van der Waals surface area contributed by atoms with Crippen molar-refractivity contribution in [3.8, 4) is 0 Å². The Morgan fingerprint density at radius 2 is 1.50 bits per heavy atom. The molecule has 4 heteroatoms.